The van der Waals surface area contributed by atoms with Crippen LogP contribution in [0.1, 0.15) is 35.6 Å². The second kappa shape index (κ2) is 9.51. The van der Waals surface area contributed by atoms with Gasteiger partial charge in [-0.3, -0.25) is 9.88 Å². The highest BCUT2D eigenvalue weighted by molar-refractivity contribution is 6.36. The van der Waals surface area contributed by atoms with Gasteiger partial charge in [0.25, 0.3) is 0 Å². The number of anilines is 1. The first-order valence-corrected chi connectivity index (χ1v) is 12.4. The van der Waals surface area contributed by atoms with Gasteiger partial charge in [0.2, 0.25) is 0 Å². The maximum Gasteiger partial charge on any atom is 0.151 e. The van der Waals surface area contributed by atoms with Crippen LogP contribution in [-0.2, 0) is 13.1 Å². The smallest absolute Gasteiger partial charge is 0.151 e. The number of nitrogens with zero attached hydrogens (tertiary/aromatic N) is 5. The van der Waals surface area contributed by atoms with Crippen molar-refractivity contribution in [1.29, 1.82) is 0 Å². The van der Waals surface area contributed by atoms with E-state index in [-0.39, 0.29) is 0 Å². The maximum absolute atomic E-state index is 5.05. The van der Waals surface area contributed by atoms with Crippen molar-refractivity contribution in [3.05, 3.63) is 96.1 Å². The van der Waals surface area contributed by atoms with Crippen molar-refractivity contribution in [1.82, 2.24) is 24.5 Å². The van der Waals surface area contributed by atoms with Gasteiger partial charge in [0, 0.05) is 49.4 Å². The molecule has 6 nitrogen and oxygen atoms in total. The first-order chi connectivity index (χ1) is 17.2. The zero-order valence-electron chi connectivity index (χ0n) is 20.1. The summed E-state index contributed by atoms with van der Waals surface area (Å²) in [7, 11) is 2.08. The summed E-state index contributed by atoms with van der Waals surface area (Å²) in [5.41, 5.74) is 5.76. The Bertz CT molecular complexity index is 1450. The number of benzene rings is 2. The van der Waals surface area contributed by atoms with Crippen molar-refractivity contribution in [2.24, 2.45) is 0 Å². The van der Waals surface area contributed by atoms with Gasteiger partial charge in [-0.05, 0) is 59.4 Å². The Balaban J connectivity index is 1.19. The molecule has 0 aliphatic carbocycles. The van der Waals surface area contributed by atoms with Crippen LogP contribution in [0, 0.1) is 0 Å². The number of fused-ring (bicyclic) bond motifs is 2. The molecule has 0 saturated carbocycles. The van der Waals surface area contributed by atoms with E-state index in [1.54, 1.807) is 6.20 Å². The lowest BCUT2D eigenvalue weighted by Gasteiger charge is -2.32. The van der Waals surface area contributed by atoms with E-state index in [2.05, 4.69) is 82.7 Å². The van der Waals surface area contributed by atoms with E-state index < -0.39 is 0 Å². The van der Waals surface area contributed by atoms with Crippen LogP contribution >= 0.6 is 0 Å². The van der Waals surface area contributed by atoms with E-state index in [0.29, 0.717) is 12.5 Å². The number of pyridine rings is 1. The van der Waals surface area contributed by atoms with Gasteiger partial charge in [-0.1, -0.05) is 48.5 Å². The lowest BCUT2D eigenvalue weighted by atomic mass is 9.92. The molecule has 7 heteroatoms. The summed E-state index contributed by atoms with van der Waals surface area (Å²) in [5.74, 6) is 1.44. The second-order valence-corrected chi connectivity index (χ2v) is 9.53. The fourth-order valence-corrected chi connectivity index (χ4v) is 5.18. The summed E-state index contributed by atoms with van der Waals surface area (Å²) in [6.45, 7) is 3.86. The summed E-state index contributed by atoms with van der Waals surface area (Å²) in [5, 5.41) is 10.8. The summed E-state index contributed by atoms with van der Waals surface area (Å²) in [4.78, 5) is 11.9. The lowest BCUT2D eigenvalue weighted by molar-refractivity contribution is 0.204. The van der Waals surface area contributed by atoms with E-state index in [9.17, 15) is 0 Å². The van der Waals surface area contributed by atoms with Crippen LogP contribution in [0.15, 0.2) is 79.3 Å². The lowest BCUT2D eigenvalue weighted by Crippen LogP contribution is -2.33. The number of hydrogen-bond acceptors (Lipinski definition) is 5. The molecule has 5 aromatic rings. The molecule has 0 radical (unpaired) electrons. The molecule has 35 heavy (non-hydrogen) atoms. The monoisotopic (exact) mass is 460 g/mol. The van der Waals surface area contributed by atoms with Gasteiger partial charge in [-0.2, -0.15) is 9.61 Å². The topological polar surface area (TPSA) is 58.4 Å². The Hall–Kier alpha value is -3.71. The molecular weight excluding hydrogens is 431 g/mol. The molecule has 0 atom stereocenters. The molecule has 1 N–H and O–H groups in total. The molecule has 1 aliphatic rings. The predicted octanol–water partition coefficient (Wildman–Crippen LogP) is 3.53. The molecule has 1 fully saturated rings. The molecule has 1 saturated heterocycles. The van der Waals surface area contributed by atoms with E-state index in [1.165, 1.54) is 22.0 Å². The fourth-order valence-electron chi connectivity index (χ4n) is 5.18. The summed E-state index contributed by atoms with van der Waals surface area (Å²) in [6, 6.07) is 21.6. The molecule has 0 bridgehead atoms. The standard InChI is InChI=1S/C28H29BN6/c29-25-18-32-35-27(31-17-20-5-4-12-30-16-20)15-26(33-28(25)35)22-10-13-34(14-11-22)19-23-8-3-7-21-6-1-2-9-24(21)23/h1-9,12,15-16,18,22,31H,10-11,13-14,17,19,29H2. The Labute approximate surface area is 206 Å². The van der Waals surface area contributed by atoms with Gasteiger partial charge in [0.15, 0.2) is 5.65 Å². The zero-order chi connectivity index (χ0) is 23.6. The van der Waals surface area contributed by atoms with Crippen LogP contribution in [-0.4, -0.2) is 45.4 Å². The Morgan fingerprint density at radius 1 is 0.971 bits per heavy atom. The first kappa shape index (κ1) is 21.8. The number of piperidine rings is 1. The highest BCUT2D eigenvalue weighted by atomic mass is 15.3. The largest absolute Gasteiger partial charge is 0.366 e. The third-order valence-corrected chi connectivity index (χ3v) is 7.14. The van der Waals surface area contributed by atoms with Crippen LogP contribution in [0.25, 0.3) is 16.4 Å². The molecule has 0 amide bonds. The molecule has 2 aromatic carbocycles. The molecule has 6 rings (SSSR count). The van der Waals surface area contributed by atoms with Crippen molar-refractivity contribution in [2.45, 2.75) is 31.8 Å². The molecule has 4 heterocycles. The van der Waals surface area contributed by atoms with Crippen molar-refractivity contribution in [3.8, 4) is 0 Å². The van der Waals surface area contributed by atoms with Gasteiger partial charge < -0.3 is 5.32 Å². The highest BCUT2D eigenvalue weighted by Gasteiger charge is 2.23. The van der Waals surface area contributed by atoms with Gasteiger partial charge in [-0.15, -0.1) is 0 Å². The van der Waals surface area contributed by atoms with Crippen LogP contribution < -0.4 is 10.8 Å². The highest BCUT2D eigenvalue weighted by Crippen LogP contribution is 2.30. The molecular formula is C28H29BN6. The number of aromatic nitrogens is 4. The molecule has 174 valence electrons. The Kier molecular flexibility index (Phi) is 5.92. The zero-order valence-corrected chi connectivity index (χ0v) is 20.1. The van der Waals surface area contributed by atoms with Gasteiger partial charge >= 0.3 is 0 Å². The third kappa shape index (κ3) is 4.51. The Morgan fingerprint density at radius 3 is 2.69 bits per heavy atom. The SMILES string of the molecule is Bc1cnn2c(NCc3cccnc3)cc(C3CCN(Cc4cccc5ccccc45)CC3)nc12. The number of rotatable bonds is 6. The minimum atomic E-state index is 0.456. The van der Waals surface area contributed by atoms with E-state index in [4.69, 9.17) is 4.98 Å². The normalized spacial score (nSPS) is 15.1. The minimum absolute atomic E-state index is 0.456. The molecule has 3 aromatic heterocycles. The number of nitrogens with one attached hydrogen (secondary N) is 1. The Morgan fingerprint density at radius 2 is 1.83 bits per heavy atom. The molecule has 1 aliphatic heterocycles. The minimum Gasteiger partial charge on any atom is -0.366 e. The number of hydrogen-bond donors (Lipinski definition) is 1. The van der Waals surface area contributed by atoms with Crippen molar-refractivity contribution >= 4 is 35.5 Å². The predicted molar refractivity (Wildman–Crippen MR) is 144 cm³/mol. The second-order valence-electron chi connectivity index (χ2n) is 9.53. The quantitative estimate of drug-likeness (QED) is 0.393. The summed E-state index contributed by atoms with van der Waals surface area (Å²) in [6.07, 6.45) is 7.82. The third-order valence-electron chi connectivity index (χ3n) is 7.14. The van der Waals surface area contributed by atoms with Crippen LogP contribution in [0.2, 0.25) is 0 Å². The van der Waals surface area contributed by atoms with Crippen LogP contribution in [0.5, 0.6) is 0 Å². The van der Waals surface area contributed by atoms with Crippen LogP contribution in [0.3, 0.4) is 0 Å². The van der Waals surface area contributed by atoms with Gasteiger partial charge in [0.05, 0.1) is 0 Å². The summed E-state index contributed by atoms with van der Waals surface area (Å²) < 4.78 is 1.92. The first-order valence-electron chi connectivity index (χ1n) is 12.4. The maximum atomic E-state index is 5.05. The fraction of sp³-hybridized carbons (Fsp3) is 0.250. The van der Waals surface area contributed by atoms with Crippen molar-refractivity contribution in [2.75, 3.05) is 18.4 Å². The van der Waals surface area contributed by atoms with E-state index in [1.807, 2.05) is 23.0 Å². The average molecular weight is 460 g/mol. The van der Waals surface area contributed by atoms with E-state index in [0.717, 1.165) is 55.0 Å². The summed E-state index contributed by atoms with van der Waals surface area (Å²) >= 11 is 0. The van der Waals surface area contributed by atoms with E-state index >= 15 is 0 Å². The van der Waals surface area contributed by atoms with Crippen LogP contribution in [0.4, 0.5) is 5.82 Å². The van der Waals surface area contributed by atoms with Gasteiger partial charge in [-0.25, -0.2) is 4.98 Å². The molecule has 0 spiro atoms. The van der Waals surface area contributed by atoms with Crippen molar-refractivity contribution in [3.63, 3.8) is 0 Å². The number of likely N-dealkylation sites (tertiary alicyclic amines) is 1. The molecule has 0 unspecified atom stereocenters. The van der Waals surface area contributed by atoms with Crippen molar-refractivity contribution < 1.29 is 0 Å². The van der Waals surface area contributed by atoms with Gasteiger partial charge in [0.1, 0.15) is 13.7 Å². The average Bonchev–Trinajstić information content (AvgIpc) is 3.29.